The molecule has 2 atom stereocenters. The lowest BCUT2D eigenvalue weighted by molar-refractivity contribution is 0.0938. The van der Waals surface area contributed by atoms with Gasteiger partial charge >= 0.3 is 0 Å². The molecule has 3 aromatic rings. The van der Waals surface area contributed by atoms with Crippen LogP contribution in [0, 0.1) is 6.92 Å². The fourth-order valence-electron chi connectivity index (χ4n) is 2.28. The van der Waals surface area contributed by atoms with Crippen LogP contribution in [0.25, 0.3) is 11.0 Å². The maximum atomic E-state index is 12.4. The van der Waals surface area contributed by atoms with Crippen molar-refractivity contribution in [2.45, 2.75) is 32.9 Å². The van der Waals surface area contributed by atoms with Crippen LogP contribution in [-0.2, 0) is 0 Å². The van der Waals surface area contributed by atoms with Gasteiger partial charge in [0, 0.05) is 17.8 Å². The van der Waals surface area contributed by atoms with Crippen LogP contribution in [0.1, 0.15) is 53.6 Å². The van der Waals surface area contributed by atoms with Gasteiger partial charge in [0.15, 0.2) is 5.82 Å². The molecule has 120 valence electrons. The van der Waals surface area contributed by atoms with Gasteiger partial charge in [-0.2, -0.15) is 5.10 Å². The molecule has 0 aromatic carbocycles. The molecule has 8 nitrogen and oxygen atoms in total. The van der Waals surface area contributed by atoms with E-state index >= 15 is 0 Å². The predicted molar refractivity (Wildman–Crippen MR) is 83.7 cm³/mol. The zero-order chi connectivity index (χ0) is 16.6. The van der Waals surface area contributed by atoms with Crippen LogP contribution in [-0.4, -0.2) is 36.2 Å². The number of pyridine rings is 1. The summed E-state index contributed by atoms with van der Waals surface area (Å²) in [5.41, 5.74) is 2.26. The number of aromatic nitrogens is 5. The number of nitrogens with one attached hydrogen (secondary N) is 3. The highest BCUT2D eigenvalue weighted by Gasteiger charge is 2.17. The Morgan fingerprint density at radius 1 is 1.39 bits per heavy atom. The number of rotatable bonds is 4. The molecule has 0 spiro atoms. The van der Waals surface area contributed by atoms with E-state index in [1.807, 2.05) is 13.1 Å². The number of aliphatic hydroxyl groups is 1. The minimum Gasteiger partial charge on any atom is -0.385 e. The zero-order valence-corrected chi connectivity index (χ0v) is 13.1. The van der Waals surface area contributed by atoms with Crippen LogP contribution in [0.2, 0.25) is 0 Å². The minimum absolute atomic E-state index is 0.248. The first-order valence-corrected chi connectivity index (χ1v) is 7.30. The molecule has 0 radical (unpaired) electrons. The van der Waals surface area contributed by atoms with Gasteiger partial charge in [0.1, 0.15) is 17.6 Å². The lowest BCUT2D eigenvalue weighted by Crippen LogP contribution is -2.27. The third-order valence-electron chi connectivity index (χ3n) is 3.65. The van der Waals surface area contributed by atoms with Gasteiger partial charge < -0.3 is 15.4 Å². The van der Waals surface area contributed by atoms with E-state index in [0.29, 0.717) is 17.2 Å². The van der Waals surface area contributed by atoms with Gasteiger partial charge in [0.05, 0.1) is 11.6 Å². The molecular weight excluding hydrogens is 296 g/mol. The van der Waals surface area contributed by atoms with E-state index in [0.717, 1.165) is 16.6 Å². The lowest BCUT2D eigenvalue weighted by Gasteiger charge is -2.11. The average molecular weight is 314 g/mol. The topological polar surface area (TPSA) is 120 Å². The van der Waals surface area contributed by atoms with Crippen molar-refractivity contribution in [2.75, 3.05) is 0 Å². The number of aromatic amines is 2. The summed E-state index contributed by atoms with van der Waals surface area (Å²) < 4.78 is 0. The molecular formula is C15H18N6O2. The SMILES string of the molecule is Cc1c[nH]c2ncc(C(=O)NC(C)c3nc(C(C)O)n[nH]3)cc12. The number of hydrogen-bond acceptors (Lipinski definition) is 5. The van der Waals surface area contributed by atoms with Crippen LogP contribution in [0.15, 0.2) is 18.5 Å². The average Bonchev–Trinajstić information content (AvgIpc) is 3.14. The van der Waals surface area contributed by atoms with Crippen LogP contribution >= 0.6 is 0 Å². The van der Waals surface area contributed by atoms with Crippen molar-refractivity contribution in [1.29, 1.82) is 0 Å². The molecule has 2 unspecified atom stereocenters. The van der Waals surface area contributed by atoms with Gasteiger partial charge in [0.25, 0.3) is 5.91 Å². The first kappa shape index (κ1) is 15.2. The van der Waals surface area contributed by atoms with Gasteiger partial charge in [0.2, 0.25) is 0 Å². The van der Waals surface area contributed by atoms with Gasteiger partial charge in [-0.15, -0.1) is 0 Å². The first-order valence-electron chi connectivity index (χ1n) is 7.30. The molecule has 4 N–H and O–H groups in total. The van der Waals surface area contributed by atoms with Crippen molar-refractivity contribution in [2.24, 2.45) is 0 Å². The molecule has 0 saturated carbocycles. The number of fused-ring (bicyclic) bond motifs is 1. The zero-order valence-electron chi connectivity index (χ0n) is 13.1. The Hall–Kier alpha value is -2.74. The molecule has 0 saturated heterocycles. The van der Waals surface area contributed by atoms with Crippen molar-refractivity contribution in [3.05, 3.63) is 41.2 Å². The molecule has 0 bridgehead atoms. The molecule has 3 rings (SSSR count). The lowest BCUT2D eigenvalue weighted by atomic mass is 10.1. The van der Waals surface area contributed by atoms with Gasteiger partial charge in [-0.3, -0.25) is 9.89 Å². The van der Waals surface area contributed by atoms with E-state index < -0.39 is 6.10 Å². The Bertz CT molecular complexity index is 851. The number of carbonyl (C=O) groups is 1. The largest absolute Gasteiger partial charge is 0.385 e. The number of hydrogen-bond donors (Lipinski definition) is 4. The Balaban J connectivity index is 1.77. The van der Waals surface area contributed by atoms with Crippen molar-refractivity contribution in [3.8, 4) is 0 Å². The number of carbonyl (C=O) groups excluding carboxylic acids is 1. The maximum absolute atomic E-state index is 12.4. The molecule has 0 aliphatic rings. The van der Waals surface area contributed by atoms with Crippen LogP contribution < -0.4 is 5.32 Å². The van der Waals surface area contributed by atoms with Gasteiger partial charge in [-0.25, -0.2) is 9.97 Å². The number of H-pyrrole nitrogens is 2. The van der Waals surface area contributed by atoms with Crippen LogP contribution in [0.3, 0.4) is 0 Å². The second-order valence-electron chi connectivity index (χ2n) is 5.54. The summed E-state index contributed by atoms with van der Waals surface area (Å²) in [6.07, 6.45) is 2.63. The summed E-state index contributed by atoms with van der Waals surface area (Å²) >= 11 is 0. The molecule has 8 heteroatoms. The van der Waals surface area contributed by atoms with Crippen molar-refractivity contribution < 1.29 is 9.90 Å². The third-order valence-corrected chi connectivity index (χ3v) is 3.65. The van der Waals surface area contributed by atoms with E-state index in [9.17, 15) is 9.90 Å². The summed E-state index contributed by atoms with van der Waals surface area (Å²) in [7, 11) is 0. The highest BCUT2D eigenvalue weighted by atomic mass is 16.3. The number of nitrogens with zero attached hydrogens (tertiary/aromatic N) is 3. The van der Waals surface area contributed by atoms with Crippen LogP contribution in [0.5, 0.6) is 0 Å². The van der Waals surface area contributed by atoms with E-state index in [4.69, 9.17) is 0 Å². The standard InChI is InChI=1S/C15H18N6O2/c1-7-5-16-14-11(7)4-10(6-17-14)15(23)18-8(2)12-19-13(9(3)22)21-20-12/h4-6,8-9,22H,1-3H3,(H,16,17)(H,18,23)(H,19,20,21). The highest BCUT2D eigenvalue weighted by Crippen LogP contribution is 2.17. The number of aliphatic hydroxyl groups excluding tert-OH is 1. The monoisotopic (exact) mass is 314 g/mol. The minimum atomic E-state index is -0.758. The number of amides is 1. The summed E-state index contributed by atoms with van der Waals surface area (Å²) in [6.45, 7) is 5.32. The summed E-state index contributed by atoms with van der Waals surface area (Å²) in [6, 6.07) is 1.43. The second-order valence-corrected chi connectivity index (χ2v) is 5.54. The highest BCUT2D eigenvalue weighted by molar-refractivity contribution is 5.97. The third kappa shape index (κ3) is 2.93. The van der Waals surface area contributed by atoms with E-state index in [1.54, 1.807) is 19.9 Å². The summed E-state index contributed by atoms with van der Waals surface area (Å²) in [5.74, 6) is 0.538. The molecule has 3 heterocycles. The van der Waals surface area contributed by atoms with Gasteiger partial charge in [-0.1, -0.05) is 0 Å². The van der Waals surface area contributed by atoms with Crippen molar-refractivity contribution in [1.82, 2.24) is 30.5 Å². The van der Waals surface area contributed by atoms with Gasteiger partial charge in [-0.05, 0) is 32.4 Å². The molecule has 0 aliphatic carbocycles. The summed E-state index contributed by atoms with van der Waals surface area (Å²) in [5, 5.41) is 19.8. The Morgan fingerprint density at radius 3 is 2.87 bits per heavy atom. The predicted octanol–water partition coefficient (Wildman–Crippen LogP) is 1.53. The van der Waals surface area contributed by atoms with Crippen LogP contribution in [0.4, 0.5) is 0 Å². The Kier molecular flexibility index (Phi) is 3.83. The smallest absolute Gasteiger partial charge is 0.253 e. The van der Waals surface area contributed by atoms with E-state index in [-0.39, 0.29) is 11.9 Å². The summed E-state index contributed by atoms with van der Waals surface area (Å²) in [4.78, 5) is 23.8. The quantitative estimate of drug-likeness (QED) is 0.582. The fourth-order valence-corrected chi connectivity index (χ4v) is 2.28. The van der Waals surface area contributed by atoms with Crippen molar-refractivity contribution >= 4 is 16.9 Å². The van der Waals surface area contributed by atoms with E-state index in [2.05, 4.69) is 30.5 Å². The Labute approximate surface area is 132 Å². The second kappa shape index (κ2) is 5.81. The molecule has 23 heavy (non-hydrogen) atoms. The van der Waals surface area contributed by atoms with E-state index in [1.165, 1.54) is 6.20 Å². The first-order chi connectivity index (χ1) is 11.0. The molecule has 3 aromatic heterocycles. The molecule has 0 aliphatic heterocycles. The molecule has 1 amide bonds. The number of aryl methyl sites for hydroxylation is 1. The maximum Gasteiger partial charge on any atom is 0.253 e. The fraction of sp³-hybridized carbons (Fsp3) is 0.333. The van der Waals surface area contributed by atoms with Crippen molar-refractivity contribution in [3.63, 3.8) is 0 Å². The Morgan fingerprint density at radius 2 is 2.17 bits per heavy atom. The normalized spacial score (nSPS) is 13.9. The molecule has 0 fully saturated rings.